The van der Waals surface area contributed by atoms with Crippen molar-refractivity contribution in [3.05, 3.63) is 77.4 Å². The highest BCUT2D eigenvalue weighted by molar-refractivity contribution is 5.88. The number of hydrogen-bond acceptors (Lipinski definition) is 3. The molecule has 0 spiro atoms. The topological polar surface area (TPSA) is 66.8 Å². The minimum absolute atomic E-state index is 0.0888. The van der Waals surface area contributed by atoms with E-state index in [0.29, 0.717) is 13.0 Å². The van der Waals surface area contributed by atoms with Crippen molar-refractivity contribution in [3.63, 3.8) is 0 Å². The second-order valence-corrected chi connectivity index (χ2v) is 10.5. The van der Waals surface area contributed by atoms with Gasteiger partial charge < -0.3 is 14.9 Å². The van der Waals surface area contributed by atoms with E-state index in [1.165, 1.54) is 17.5 Å². The van der Waals surface area contributed by atoms with Crippen LogP contribution in [-0.2, 0) is 10.8 Å². The largest absolute Gasteiger partial charge is 0.493 e. The molecule has 0 aromatic heterocycles. The quantitative estimate of drug-likeness (QED) is 0.381. The Morgan fingerprint density at radius 1 is 0.824 bits per heavy atom. The van der Waals surface area contributed by atoms with Crippen LogP contribution in [0.1, 0.15) is 68.4 Å². The van der Waals surface area contributed by atoms with Crippen molar-refractivity contribution in [1.29, 1.82) is 0 Å². The lowest BCUT2D eigenvalue weighted by Crippen LogP contribution is -2.33. The fraction of sp³-hybridized carbons (Fsp3) is 0.367. The average molecular weight is 459 g/mol. The van der Waals surface area contributed by atoms with Crippen molar-refractivity contribution in [3.8, 4) is 28.0 Å². The van der Waals surface area contributed by atoms with Crippen molar-refractivity contribution in [1.82, 2.24) is 0 Å². The lowest BCUT2D eigenvalue weighted by atomic mass is 9.63. The molecule has 178 valence electrons. The third-order valence-electron chi connectivity index (χ3n) is 7.17. The molecule has 4 heteroatoms. The summed E-state index contributed by atoms with van der Waals surface area (Å²) in [5.41, 5.74) is 7.38. The molecule has 0 atom stereocenters. The molecule has 4 rings (SSSR count). The zero-order valence-corrected chi connectivity index (χ0v) is 20.5. The van der Waals surface area contributed by atoms with Crippen molar-refractivity contribution >= 4 is 5.97 Å². The molecule has 0 bridgehead atoms. The van der Waals surface area contributed by atoms with Crippen LogP contribution in [-0.4, -0.2) is 29.4 Å². The Balaban J connectivity index is 1.81. The van der Waals surface area contributed by atoms with Gasteiger partial charge >= 0.3 is 5.97 Å². The summed E-state index contributed by atoms with van der Waals surface area (Å²) in [5, 5.41) is 18.4. The molecule has 0 radical (unpaired) electrons. The highest BCUT2D eigenvalue weighted by Crippen LogP contribution is 2.47. The van der Waals surface area contributed by atoms with Crippen LogP contribution < -0.4 is 4.74 Å². The average Bonchev–Trinajstić information content (AvgIpc) is 2.82. The van der Waals surface area contributed by atoms with Gasteiger partial charge in [-0.3, -0.25) is 0 Å². The monoisotopic (exact) mass is 458 g/mol. The van der Waals surface area contributed by atoms with Gasteiger partial charge in [0, 0.05) is 18.6 Å². The molecule has 0 heterocycles. The third-order valence-corrected chi connectivity index (χ3v) is 7.17. The summed E-state index contributed by atoms with van der Waals surface area (Å²) in [7, 11) is 0. The lowest BCUT2D eigenvalue weighted by Gasteiger charge is -2.42. The molecule has 0 fully saturated rings. The molecule has 3 aromatic rings. The van der Waals surface area contributed by atoms with Gasteiger partial charge in [-0.05, 0) is 75.8 Å². The summed E-state index contributed by atoms with van der Waals surface area (Å²) in [6.45, 7) is 9.83. The maximum Gasteiger partial charge on any atom is 0.335 e. The Bertz CT molecular complexity index is 1190. The molecular weight excluding hydrogens is 424 g/mol. The highest BCUT2D eigenvalue weighted by Gasteiger charge is 2.37. The molecule has 1 aliphatic rings. The Morgan fingerprint density at radius 3 is 2.09 bits per heavy atom. The first-order valence-corrected chi connectivity index (χ1v) is 12.0. The van der Waals surface area contributed by atoms with Crippen LogP contribution in [0.15, 0.2) is 60.7 Å². The minimum Gasteiger partial charge on any atom is -0.493 e. The SMILES string of the molecule is CC1(C)CCC(C)(C)c2cc(-c3cc(-c4ccc(C(=O)O)cc4)ccc3OCCCO)ccc21. The number of fused-ring (bicyclic) bond motifs is 1. The van der Waals surface area contributed by atoms with Crippen LogP contribution in [0, 0.1) is 0 Å². The van der Waals surface area contributed by atoms with E-state index in [1.807, 2.05) is 24.3 Å². The third kappa shape index (κ3) is 4.74. The molecular formula is C30H34O4. The van der Waals surface area contributed by atoms with E-state index < -0.39 is 5.97 Å². The summed E-state index contributed by atoms with van der Waals surface area (Å²) in [6.07, 6.45) is 2.89. The molecule has 4 nitrogen and oxygen atoms in total. The van der Waals surface area contributed by atoms with Gasteiger partial charge in [-0.15, -0.1) is 0 Å². The van der Waals surface area contributed by atoms with E-state index in [9.17, 15) is 15.0 Å². The number of aliphatic hydroxyl groups excluding tert-OH is 1. The Hall–Kier alpha value is -3.11. The maximum absolute atomic E-state index is 11.2. The van der Waals surface area contributed by atoms with Gasteiger partial charge in [0.25, 0.3) is 0 Å². The first-order valence-electron chi connectivity index (χ1n) is 12.0. The van der Waals surface area contributed by atoms with Crippen molar-refractivity contribution in [2.45, 2.75) is 57.8 Å². The first-order chi connectivity index (χ1) is 16.1. The van der Waals surface area contributed by atoms with E-state index in [1.54, 1.807) is 12.1 Å². The molecule has 0 amide bonds. The molecule has 0 aliphatic heterocycles. The number of aliphatic hydroxyl groups is 1. The van der Waals surface area contributed by atoms with Crippen molar-refractivity contribution in [2.75, 3.05) is 13.2 Å². The smallest absolute Gasteiger partial charge is 0.335 e. The van der Waals surface area contributed by atoms with Crippen LogP contribution in [0.2, 0.25) is 0 Å². The number of hydrogen-bond donors (Lipinski definition) is 2. The second-order valence-electron chi connectivity index (χ2n) is 10.5. The summed E-state index contributed by atoms with van der Waals surface area (Å²) >= 11 is 0. The van der Waals surface area contributed by atoms with Gasteiger partial charge in [0.15, 0.2) is 0 Å². The molecule has 0 saturated carbocycles. The Morgan fingerprint density at radius 2 is 1.44 bits per heavy atom. The molecule has 1 aliphatic carbocycles. The highest BCUT2D eigenvalue weighted by atomic mass is 16.5. The molecule has 0 unspecified atom stereocenters. The number of carbonyl (C=O) groups is 1. The van der Waals surface area contributed by atoms with Gasteiger partial charge in [-0.25, -0.2) is 4.79 Å². The summed E-state index contributed by atoms with van der Waals surface area (Å²) in [4.78, 5) is 11.2. The molecule has 2 N–H and O–H groups in total. The van der Waals surface area contributed by atoms with Crippen molar-refractivity contribution < 1.29 is 19.7 Å². The first kappa shape index (κ1) is 24.0. The Labute approximate surface area is 202 Å². The zero-order chi connectivity index (χ0) is 24.5. The second kappa shape index (κ2) is 9.27. The van der Waals surface area contributed by atoms with E-state index in [-0.39, 0.29) is 23.0 Å². The summed E-state index contributed by atoms with van der Waals surface area (Å²) < 4.78 is 6.07. The lowest BCUT2D eigenvalue weighted by molar-refractivity contribution is 0.0697. The Kier molecular flexibility index (Phi) is 6.55. The number of benzene rings is 3. The molecule has 0 saturated heterocycles. The normalized spacial score (nSPS) is 16.0. The van der Waals surface area contributed by atoms with E-state index in [0.717, 1.165) is 34.4 Å². The van der Waals surface area contributed by atoms with Gasteiger partial charge in [0.2, 0.25) is 0 Å². The predicted octanol–water partition coefficient (Wildman–Crippen LogP) is 6.83. The molecule has 3 aromatic carbocycles. The van der Waals surface area contributed by atoms with E-state index in [4.69, 9.17) is 4.74 Å². The number of rotatable bonds is 7. The minimum atomic E-state index is -0.931. The van der Waals surface area contributed by atoms with E-state index in [2.05, 4.69) is 52.0 Å². The van der Waals surface area contributed by atoms with E-state index >= 15 is 0 Å². The summed E-state index contributed by atoms with van der Waals surface area (Å²) in [5.74, 6) is -0.147. The van der Waals surface area contributed by atoms with Crippen LogP contribution in [0.25, 0.3) is 22.3 Å². The standard InChI is InChI=1S/C30H34O4/c1-29(2)14-15-30(3,4)26-19-23(10-12-25(26)29)24-18-22(11-13-27(24)34-17-5-16-31)20-6-8-21(9-7-20)28(32)33/h6-13,18-19,31H,5,14-17H2,1-4H3,(H,32,33). The van der Waals surface area contributed by atoms with Crippen LogP contribution in [0.4, 0.5) is 0 Å². The van der Waals surface area contributed by atoms with Gasteiger partial charge in [-0.1, -0.05) is 64.1 Å². The maximum atomic E-state index is 11.2. The number of carboxylic acids is 1. The van der Waals surface area contributed by atoms with Crippen LogP contribution >= 0.6 is 0 Å². The van der Waals surface area contributed by atoms with Crippen LogP contribution in [0.5, 0.6) is 5.75 Å². The number of ether oxygens (including phenoxy) is 1. The predicted molar refractivity (Wildman–Crippen MR) is 137 cm³/mol. The fourth-order valence-corrected chi connectivity index (χ4v) is 4.87. The summed E-state index contributed by atoms with van der Waals surface area (Å²) in [6, 6.07) is 19.8. The molecule has 34 heavy (non-hydrogen) atoms. The van der Waals surface area contributed by atoms with Gasteiger partial charge in [0.05, 0.1) is 12.2 Å². The van der Waals surface area contributed by atoms with Gasteiger partial charge in [-0.2, -0.15) is 0 Å². The van der Waals surface area contributed by atoms with Crippen LogP contribution in [0.3, 0.4) is 0 Å². The number of aromatic carboxylic acids is 1. The van der Waals surface area contributed by atoms with Gasteiger partial charge in [0.1, 0.15) is 5.75 Å². The fourth-order valence-electron chi connectivity index (χ4n) is 4.87. The van der Waals surface area contributed by atoms with Crippen molar-refractivity contribution in [2.24, 2.45) is 0 Å². The number of carboxylic acid groups (broad SMARTS) is 1. The zero-order valence-electron chi connectivity index (χ0n) is 20.5.